The van der Waals surface area contributed by atoms with E-state index in [0.29, 0.717) is 18.0 Å². The number of carbonyl (C=O) groups is 1. The number of carbonyl (C=O) groups excluding carboxylic acids is 1. The minimum Gasteiger partial charge on any atom is -0.508 e. The summed E-state index contributed by atoms with van der Waals surface area (Å²) in [6.45, 7) is 4.39. The van der Waals surface area contributed by atoms with Crippen LogP contribution in [0.2, 0.25) is 0 Å². The predicted octanol–water partition coefficient (Wildman–Crippen LogP) is 4.02. The number of hydrogen-bond donors (Lipinski definition) is 2. The molecule has 1 atom stereocenters. The topological polar surface area (TPSA) is 61.8 Å². The van der Waals surface area contributed by atoms with Crippen LogP contribution < -0.4 is 10.1 Å². The Bertz CT molecular complexity index is 673. The van der Waals surface area contributed by atoms with E-state index in [1.807, 2.05) is 32.0 Å². The summed E-state index contributed by atoms with van der Waals surface area (Å²) in [6, 6.07) is 13.8. The number of rotatable bonds is 5. The molecule has 0 saturated carbocycles. The van der Waals surface area contributed by atoms with Crippen LogP contribution in [0.1, 0.15) is 25.5 Å². The smallest absolute Gasteiger partial charge is 0.322 e. The normalized spacial score (nSPS) is 11.6. The molecule has 5 heteroatoms. The van der Waals surface area contributed by atoms with Crippen molar-refractivity contribution in [1.82, 2.24) is 4.90 Å². The molecule has 0 aromatic heterocycles. The summed E-state index contributed by atoms with van der Waals surface area (Å²) in [7, 11) is 1.57. The van der Waals surface area contributed by atoms with E-state index >= 15 is 0 Å². The highest BCUT2D eigenvalue weighted by molar-refractivity contribution is 5.91. The fourth-order valence-electron chi connectivity index (χ4n) is 2.49. The second kappa shape index (κ2) is 7.54. The Kier molecular flexibility index (Phi) is 5.46. The van der Waals surface area contributed by atoms with E-state index in [-0.39, 0.29) is 17.8 Å². The van der Waals surface area contributed by atoms with E-state index in [1.54, 1.807) is 42.3 Å². The Labute approximate surface area is 136 Å². The van der Waals surface area contributed by atoms with Crippen molar-refractivity contribution in [2.24, 2.45) is 0 Å². The monoisotopic (exact) mass is 314 g/mol. The van der Waals surface area contributed by atoms with Gasteiger partial charge in [-0.3, -0.25) is 0 Å². The van der Waals surface area contributed by atoms with Crippen LogP contribution in [0.5, 0.6) is 11.5 Å². The van der Waals surface area contributed by atoms with Crippen LogP contribution >= 0.6 is 0 Å². The van der Waals surface area contributed by atoms with Gasteiger partial charge in [-0.2, -0.15) is 0 Å². The van der Waals surface area contributed by atoms with Gasteiger partial charge in [-0.05, 0) is 43.7 Å². The minimum atomic E-state index is -0.215. The second-order valence-corrected chi connectivity index (χ2v) is 5.19. The molecule has 2 amide bonds. The highest BCUT2D eigenvalue weighted by Crippen LogP contribution is 2.26. The van der Waals surface area contributed by atoms with Gasteiger partial charge in [-0.15, -0.1) is 0 Å². The Morgan fingerprint density at radius 3 is 2.65 bits per heavy atom. The molecular weight excluding hydrogens is 292 g/mol. The van der Waals surface area contributed by atoms with Gasteiger partial charge in [0.2, 0.25) is 0 Å². The number of benzene rings is 2. The quantitative estimate of drug-likeness (QED) is 0.876. The van der Waals surface area contributed by atoms with Crippen molar-refractivity contribution in [3.05, 3.63) is 54.1 Å². The van der Waals surface area contributed by atoms with Crippen LogP contribution in [0.3, 0.4) is 0 Å². The van der Waals surface area contributed by atoms with Crippen LogP contribution in [0.25, 0.3) is 0 Å². The first-order valence-electron chi connectivity index (χ1n) is 7.56. The Balaban J connectivity index is 2.18. The standard InChI is InChI=1S/C18H22N2O3/c1-4-20(13(2)14-8-7-9-15(21)12-14)18(22)19-16-10-5-6-11-17(16)23-3/h5-13,21H,4H2,1-3H3,(H,19,22)/t13-/m1/s1. The number of anilines is 1. The molecule has 23 heavy (non-hydrogen) atoms. The van der Waals surface area contributed by atoms with E-state index < -0.39 is 0 Å². The van der Waals surface area contributed by atoms with Crippen molar-refractivity contribution < 1.29 is 14.6 Å². The van der Waals surface area contributed by atoms with E-state index in [2.05, 4.69) is 5.32 Å². The molecule has 0 aliphatic heterocycles. The van der Waals surface area contributed by atoms with Gasteiger partial charge in [0.15, 0.2) is 0 Å². The maximum atomic E-state index is 12.6. The average Bonchev–Trinajstić information content (AvgIpc) is 2.56. The number of amides is 2. The van der Waals surface area contributed by atoms with Crippen molar-refractivity contribution in [3.63, 3.8) is 0 Å². The van der Waals surface area contributed by atoms with Crippen molar-refractivity contribution in [2.75, 3.05) is 19.0 Å². The van der Waals surface area contributed by atoms with Gasteiger partial charge in [0.25, 0.3) is 0 Å². The van der Waals surface area contributed by atoms with Gasteiger partial charge in [0, 0.05) is 6.54 Å². The number of phenolic OH excluding ortho intramolecular Hbond substituents is 1. The number of methoxy groups -OCH3 is 1. The van der Waals surface area contributed by atoms with E-state index in [1.165, 1.54) is 0 Å². The van der Waals surface area contributed by atoms with Crippen LogP contribution in [-0.2, 0) is 0 Å². The zero-order chi connectivity index (χ0) is 16.8. The van der Waals surface area contributed by atoms with E-state index in [4.69, 9.17) is 4.74 Å². The second-order valence-electron chi connectivity index (χ2n) is 5.19. The molecule has 2 aromatic carbocycles. The van der Waals surface area contributed by atoms with Crippen LogP contribution in [0.15, 0.2) is 48.5 Å². The number of nitrogens with zero attached hydrogens (tertiary/aromatic N) is 1. The Morgan fingerprint density at radius 1 is 1.26 bits per heavy atom. The molecule has 0 aliphatic carbocycles. The summed E-state index contributed by atoms with van der Waals surface area (Å²) in [5.41, 5.74) is 1.50. The SMILES string of the molecule is CCN(C(=O)Nc1ccccc1OC)[C@H](C)c1cccc(O)c1. The van der Waals surface area contributed by atoms with Crippen molar-refractivity contribution >= 4 is 11.7 Å². The first kappa shape index (κ1) is 16.7. The van der Waals surface area contributed by atoms with Gasteiger partial charge >= 0.3 is 6.03 Å². The largest absolute Gasteiger partial charge is 0.508 e. The number of phenols is 1. The minimum absolute atomic E-state index is 0.165. The van der Waals surface area contributed by atoms with Gasteiger partial charge < -0.3 is 20.1 Å². The summed E-state index contributed by atoms with van der Waals surface area (Å²) < 4.78 is 5.25. The molecule has 0 spiro atoms. The van der Waals surface area contributed by atoms with Crippen LogP contribution in [-0.4, -0.2) is 29.7 Å². The highest BCUT2D eigenvalue weighted by Gasteiger charge is 2.21. The zero-order valence-electron chi connectivity index (χ0n) is 13.6. The van der Waals surface area contributed by atoms with Crippen LogP contribution in [0.4, 0.5) is 10.5 Å². The Morgan fingerprint density at radius 2 is 2.00 bits per heavy atom. The zero-order valence-corrected chi connectivity index (χ0v) is 13.6. The number of urea groups is 1. The van der Waals surface area contributed by atoms with Crippen molar-refractivity contribution in [3.8, 4) is 11.5 Å². The van der Waals surface area contributed by atoms with Crippen LogP contribution in [0, 0.1) is 0 Å². The fraction of sp³-hybridized carbons (Fsp3) is 0.278. The van der Waals surface area contributed by atoms with Gasteiger partial charge in [0.05, 0.1) is 18.8 Å². The summed E-state index contributed by atoms with van der Waals surface area (Å²) >= 11 is 0. The van der Waals surface area contributed by atoms with Gasteiger partial charge in [0.1, 0.15) is 11.5 Å². The van der Waals surface area contributed by atoms with Gasteiger partial charge in [-0.25, -0.2) is 4.79 Å². The summed E-state index contributed by atoms with van der Waals surface area (Å²) in [6.07, 6.45) is 0. The average molecular weight is 314 g/mol. The third kappa shape index (κ3) is 3.94. The highest BCUT2D eigenvalue weighted by atomic mass is 16.5. The molecule has 0 fully saturated rings. The fourth-order valence-corrected chi connectivity index (χ4v) is 2.49. The Hall–Kier alpha value is -2.69. The molecule has 2 rings (SSSR count). The summed E-state index contributed by atoms with van der Waals surface area (Å²) in [5.74, 6) is 0.803. The number of aromatic hydroxyl groups is 1. The molecule has 0 heterocycles. The predicted molar refractivity (Wildman–Crippen MR) is 90.9 cm³/mol. The lowest BCUT2D eigenvalue weighted by Crippen LogP contribution is -2.37. The number of nitrogens with one attached hydrogen (secondary N) is 1. The molecule has 2 aromatic rings. The molecule has 0 saturated heterocycles. The van der Waals surface area contributed by atoms with E-state index in [0.717, 1.165) is 5.56 Å². The molecule has 122 valence electrons. The van der Waals surface area contributed by atoms with E-state index in [9.17, 15) is 9.90 Å². The molecule has 2 N–H and O–H groups in total. The maximum Gasteiger partial charge on any atom is 0.322 e. The lowest BCUT2D eigenvalue weighted by molar-refractivity contribution is 0.196. The molecule has 0 aliphatic rings. The lowest BCUT2D eigenvalue weighted by Gasteiger charge is -2.29. The molecule has 5 nitrogen and oxygen atoms in total. The van der Waals surface area contributed by atoms with Gasteiger partial charge in [-0.1, -0.05) is 24.3 Å². The van der Waals surface area contributed by atoms with Crippen molar-refractivity contribution in [2.45, 2.75) is 19.9 Å². The molecule has 0 bridgehead atoms. The number of para-hydroxylation sites is 2. The number of ether oxygens (including phenoxy) is 1. The lowest BCUT2D eigenvalue weighted by atomic mass is 10.1. The molecule has 0 unspecified atom stereocenters. The van der Waals surface area contributed by atoms with Crippen molar-refractivity contribution in [1.29, 1.82) is 0 Å². The first-order chi connectivity index (χ1) is 11.1. The summed E-state index contributed by atoms with van der Waals surface area (Å²) in [5, 5.41) is 12.5. The first-order valence-corrected chi connectivity index (χ1v) is 7.56. The third-order valence-electron chi connectivity index (χ3n) is 3.77. The molecular formula is C18H22N2O3. The third-order valence-corrected chi connectivity index (χ3v) is 3.77. The maximum absolute atomic E-state index is 12.6. The molecule has 0 radical (unpaired) electrons. The number of hydrogen-bond acceptors (Lipinski definition) is 3. The summed E-state index contributed by atoms with van der Waals surface area (Å²) in [4.78, 5) is 14.3.